The van der Waals surface area contributed by atoms with Gasteiger partial charge in [-0.25, -0.2) is 4.98 Å². The van der Waals surface area contributed by atoms with Gasteiger partial charge in [-0.1, -0.05) is 31.4 Å². The van der Waals surface area contributed by atoms with Crippen molar-refractivity contribution in [1.29, 1.82) is 0 Å². The van der Waals surface area contributed by atoms with Crippen LogP contribution in [0.25, 0.3) is 11.0 Å². The van der Waals surface area contributed by atoms with Gasteiger partial charge in [0.1, 0.15) is 5.82 Å². The van der Waals surface area contributed by atoms with Crippen LogP contribution >= 0.6 is 23.4 Å². The molecule has 1 aliphatic rings. The normalized spacial score (nSPS) is 18.2. The Bertz CT molecular complexity index is 629. The number of aromatic nitrogens is 2. The Morgan fingerprint density at radius 2 is 2.05 bits per heavy atom. The Hall–Kier alpha value is -0.670. The number of nitrogens with zero attached hydrogens (tertiary/aromatic N) is 2. The number of rotatable bonds is 4. The maximum absolute atomic E-state index is 6.17. The summed E-state index contributed by atoms with van der Waals surface area (Å²) < 4.78 is 2.74. The summed E-state index contributed by atoms with van der Waals surface area (Å²) in [5.41, 5.74) is 3.65. The van der Waals surface area contributed by atoms with Crippen LogP contribution < -0.4 is 0 Å². The summed E-state index contributed by atoms with van der Waals surface area (Å²) in [5, 5.41) is 0. The van der Waals surface area contributed by atoms with Crippen LogP contribution in [0.5, 0.6) is 0 Å². The van der Waals surface area contributed by atoms with Crippen molar-refractivity contribution in [2.45, 2.75) is 56.2 Å². The summed E-state index contributed by atoms with van der Waals surface area (Å²) in [4.78, 5) is 4.74. The first-order valence-electron chi connectivity index (χ1n) is 7.75. The molecule has 0 radical (unpaired) electrons. The van der Waals surface area contributed by atoms with Gasteiger partial charge in [-0.15, -0.1) is 11.6 Å². The zero-order valence-corrected chi connectivity index (χ0v) is 14.4. The molecule has 1 aromatic carbocycles. The summed E-state index contributed by atoms with van der Waals surface area (Å²) in [7, 11) is 0. The number of halogens is 1. The standard InChI is InChI=1S/C17H23ClN2S/c1-13-7-6-8-14-16(13)20(15(11-18)19-14)12-17(21-2)9-4-3-5-10-17/h6-8H,3-5,9-12H2,1-2H3. The van der Waals surface area contributed by atoms with Gasteiger partial charge in [0.25, 0.3) is 0 Å². The third kappa shape index (κ3) is 2.83. The van der Waals surface area contributed by atoms with Gasteiger partial charge < -0.3 is 4.57 Å². The van der Waals surface area contributed by atoms with Gasteiger partial charge in [0.2, 0.25) is 0 Å². The second-order valence-electron chi connectivity index (χ2n) is 6.14. The van der Waals surface area contributed by atoms with Crippen molar-refractivity contribution in [2.24, 2.45) is 0 Å². The largest absolute Gasteiger partial charge is 0.325 e. The van der Waals surface area contributed by atoms with Crippen LogP contribution in [0, 0.1) is 6.92 Å². The molecule has 2 nitrogen and oxygen atoms in total. The molecule has 1 aromatic heterocycles. The van der Waals surface area contributed by atoms with E-state index in [0.29, 0.717) is 10.6 Å². The first-order chi connectivity index (χ1) is 10.2. The minimum Gasteiger partial charge on any atom is -0.325 e. The number of hydrogen-bond acceptors (Lipinski definition) is 2. The van der Waals surface area contributed by atoms with E-state index in [0.717, 1.165) is 17.9 Å². The topological polar surface area (TPSA) is 17.8 Å². The maximum atomic E-state index is 6.17. The fourth-order valence-corrected chi connectivity index (χ4v) is 4.76. The summed E-state index contributed by atoms with van der Waals surface area (Å²) >= 11 is 8.21. The molecular weight excluding hydrogens is 300 g/mol. The number of imidazole rings is 1. The number of thioether (sulfide) groups is 1. The summed E-state index contributed by atoms with van der Waals surface area (Å²) in [6.45, 7) is 3.21. The third-order valence-electron chi connectivity index (χ3n) is 4.81. The first kappa shape index (κ1) is 15.2. The predicted octanol–water partition coefficient (Wildman–Crippen LogP) is 5.15. The van der Waals surface area contributed by atoms with Gasteiger partial charge in [0.05, 0.1) is 16.9 Å². The number of hydrogen-bond donors (Lipinski definition) is 0. The number of benzene rings is 1. The first-order valence-corrected chi connectivity index (χ1v) is 9.51. The van der Waals surface area contributed by atoms with E-state index in [1.165, 1.54) is 43.2 Å². The predicted molar refractivity (Wildman–Crippen MR) is 93.4 cm³/mol. The van der Waals surface area contributed by atoms with Crippen molar-refractivity contribution in [3.8, 4) is 0 Å². The molecule has 0 bridgehead atoms. The molecule has 0 atom stereocenters. The van der Waals surface area contributed by atoms with Gasteiger partial charge >= 0.3 is 0 Å². The van der Waals surface area contributed by atoms with Crippen LogP contribution in [0.4, 0.5) is 0 Å². The SMILES string of the molecule is CSC1(Cn2c(CCl)nc3cccc(C)c32)CCCCC1. The Morgan fingerprint density at radius 1 is 1.29 bits per heavy atom. The molecule has 1 heterocycles. The molecule has 1 fully saturated rings. The fraction of sp³-hybridized carbons (Fsp3) is 0.588. The molecule has 1 aliphatic carbocycles. The average Bonchev–Trinajstić information content (AvgIpc) is 2.87. The minimum atomic E-state index is 0.356. The molecule has 114 valence electrons. The number of aryl methyl sites for hydroxylation is 1. The lowest BCUT2D eigenvalue weighted by Crippen LogP contribution is -2.33. The van der Waals surface area contributed by atoms with Crippen molar-refractivity contribution in [2.75, 3.05) is 6.26 Å². The van der Waals surface area contributed by atoms with Crippen LogP contribution in [-0.4, -0.2) is 20.6 Å². The van der Waals surface area contributed by atoms with Gasteiger partial charge in [-0.3, -0.25) is 0 Å². The highest BCUT2D eigenvalue weighted by atomic mass is 35.5. The quantitative estimate of drug-likeness (QED) is 0.724. The average molecular weight is 323 g/mol. The van der Waals surface area contributed by atoms with Crippen LogP contribution in [-0.2, 0) is 12.4 Å². The monoisotopic (exact) mass is 322 g/mol. The van der Waals surface area contributed by atoms with E-state index in [4.69, 9.17) is 16.6 Å². The second-order valence-corrected chi connectivity index (χ2v) is 7.68. The Kier molecular flexibility index (Phi) is 4.51. The molecule has 0 spiro atoms. The Morgan fingerprint density at radius 3 is 2.71 bits per heavy atom. The van der Waals surface area contributed by atoms with E-state index in [1.54, 1.807) is 0 Å². The van der Waals surface area contributed by atoms with Crippen molar-refractivity contribution >= 4 is 34.4 Å². The summed E-state index contributed by atoms with van der Waals surface area (Å²) in [6.07, 6.45) is 8.96. The molecule has 0 saturated heterocycles. The molecule has 21 heavy (non-hydrogen) atoms. The molecule has 0 unspecified atom stereocenters. The smallest absolute Gasteiger partial charge is 0.124 e. The second kappa shape index (κ2) is 6.21. The number of para-hydroxylation sites is 1. The Labute approximate surface area is 136 Å². The summed E-state index contributed by atoms with van der Waals surface area (Å²) in [6, 6.07) is 6.35. The fourth-order valence-electron chi connectivity index (χ4n) is 3.60. The third-order valence-corrected chi connectivity index (χ3v) is 6.45. The number of fused-ring (bicyclic) bond motifs is 1. The molecule has 2 aromatic rings. The Balaban J connectivity index is 2.06. The van der Waals surface area contributed by atoms with E-state index >= 15 is 0 Å². The lowest BCUT2D eigenvalue weighted by molar-refractivity contribution is 0.359. The van der Waals surface area contributed by atoms with Crippen molar-refractivity contribution in [3.63, 3.8) is 0 Å². The van der Waals surface area contributed by atoms with E-state index in [1.807, 2.05) is 11.8 Å². The van der Waals surface area contributed by atoms with Crippen molar-refractivity contribution in [3.05, 3.63) is 29.6 Å². The zero-order valence-electron chi connectivity index (χ0n) is 12.9. The van der Waals surface area contributed by atoms with Crippen molar-refractivity contribution in [1.82, 2.24) is 9.55 Å². The van der Waals surface area contributed by atoms with E-state index in [9.17, 15) is 0 Å². The van der Waals surface area contributed by atoms with Crippen LogP contribution in [0.3, 0.4) is 0 Å². The van der Waals surface area contributed by atoms with Crippen LogP contribution in [0.15, 0.2) is 18.2 Å². The van der Waals surface area contributed by atoms with E-state index in [-0.39, 0.29) is 0 Å². The minimum absolute atomic E-state index is 0.356. The molecule has 4 heteroatoms. The van der Waals surface area contributed by atoms with Gasteiger partial charge in [0, 0.05) is 11.3 Å². The van der Waals surface area contributed by atoms with Gasteiger partial charge in [-0.2, -0.15) is 11.8 Å². The molecule has 0 aliphatic heterocycles. The lowest BCUT2D eigenvalue weighted by Gasteiger charge is -2.36. The molecule has 1 saturated carbocycles. The summed E-state index contributed by atoms with van der Waals surface area (Å²) in [5.74, 6) is 1.50. The maximum Gasteiger partial charge on any atom is 0.124 e. The highest BCUT2D eigenvalue weighted by molar-refractivity contribution is 8.00. The van der Waals surface area contributed by atoms with Crippen molar-refractivity contribution < 1.29 is 0 Å². The van der Waals surface area contributed by atoms with Gasteiger partial charge in [-0.05, 0) is 37.7 Å². The molecule has 0 amide bonds. The molecule has 3 rings (SSSR count). The highest BCUT2D eigenvalue weighted by Crippen LogP contribution is 2.41. The number of alkyl halides is 1. The molecule has 0 N–H and O–H groups in total. The molecular formula is C17H23ClN2S. The lowest BCUT2D eigenvalue weighted by atomic mass is 9.88. The zero-order chi connectivity index (χ0) is 14.9. The van der Waals surface area contributed by atoms with Crippen LogP contribution in [0.2, 0.25) is 0 Å². The van der Waals surface area contributed by atoms with E-state index < -0.39 is 0 Å². The van der Waals surface area contributed by atoms with Gasteiger partial charge in [0.15, 0.2) is 0 Å². The highest BCUT2D eigenvalue weighted by Gasteiger charge is 2.32. The van der Waals surface area contributed by atoms with Crippen LogP contribution in [0.1, 0.15) is 43.5 Å². The van der Waals surface area contributed by atoms with E-state index in [2.05, 4.69) is 35.9 Å².